The lowest BCUT2D eigenvalue weighted by Gasteiger charge is -2.06. The molecule has 0 bridgehead atoms. The van der Waals surface area contributed by atoms with Gasteiger partial charge >= 0.3 is 0 Å². The van der Waals surface area contributed by atoms with Gasteiger partial charge in [-0.15, -0.1) is 11.6 Å². The fraction of sp³-hybridized carbons (Fsp3) is 0.667. The molecule has 11 heavy (non-hydrogen) atoms. The molecule has 0 aromatic carbocycles. The molecule has 1 aromatic heterocycles. The minimum absolute atomic E-state index is 0.254. The highest BCUT2D eigenvalue weighted by Gasteiger charge is 2.02. The van der Waals surface area contributed by atoms with Gasteiger partial charge in [0.05, 0.1) is 0 Å². The first-order valence-electron chi connectivity index (χ1n) is 3.35. The Morgan fingerprint density at radius 2 is 2.45 bits per heavy atom. The van der Waals surface area contributed by atoms with Crippen molar-refractivity contribution in [2.24, 2.45) is 0 Å². The van der Waals surface area contributed by atoms with E-state index in [4.69, 9.17) is 11.6 Å². The van der Waals surface area contributed by atoms with Crippen molar-refractivity contribution >= 4 is 28.3 Å². The number of alkyl halides is 1. The lowest BCUT2D eigenvalue weighted by molar-refractivity contribution is 0.902. The van der Waals surface area contributed by atoms with Gasteiger partial charge in [0, 0.05) is 23.5 Å². The molecule has 0 radical (unpaired) electrons. The molecule has 1 N–H and O–H groups in total. The van der Waals surface area contributed by atoms with Crippen molar-refractivity contribution < 1.29 is 0 Å². The zero-order valence-electron chi connectivity index (χ0n) is 6.47. The Labute approximate surface area is 75.0 Å². The van der Waals surface area contributed by atoms with E-state index in [1.165, 1.54) is 11.5 Å². The minimum atomic E-state index is 0.254. The standard InChI is InChI=1S/C6H10ClN3S/c1-4(3-7)8-6-9-5(2)10-11-6/h4H,3H2,1-2H3,(H,8,9,10). The summed E-state index contributed by atoms with van der Waals surface area (Å²) < 4.78 is 4.03. The highest BCUT2D eigenvalue weighted by Crippen LogP contribution is 2.11. The van der Waals surface area contributed by atoms with E-state index in [-0.39, 0.29) is 6.04 Å². The third-order valence-corrected chi connectivity index (χ3v) is 2.33. The highest BCUT2D eigenvalue weighted by molar-refractivity contribution is 7.09. The molecule has 5 heteroatoms. The molecule has 0 spiro atoms. The Kier molecular flexibility index (Phi) is 3.08. The summed E-state index contributed by atoms with van der Waals surface area (Å²) in [5, 5.41) is 3.97. The van der Waals surface area contributed by atoms with Gasteiger partial charge in [0.25, 0.3) is 0 Å². The Morgan fingerprint density at radius 1 is 1.73 bits per heavy atom. The van der Waals surface area contributed by atoms with Crippen LogP contribution in [-0.2, 0) is 0 Å². The van der Waals surface area contributed by atoms with Gasteiger partial charge < -0.3 is 5.32 Å². The summed E-state index contributed by atoms with van der Waals surface area (Å²) >= 11 is 6.97. The van der Waals surface area contributed by atoms with Gasteiger partial charge in [-0.25, -0.2) is 4.98 Å². The number of nitrogens with one attached hydrogen (secondary N) is 1. The van der Waals surface area contributed by atoms with Gasteiger partial charge in [0.15, 0.2) is 0 Å². The maximum Gasteiger partial charge on any atom is 0.202 e. The number of hydrogen-bond donors (Lipinski definition) is 1. The molecular formula is C6H10ClN3S. The van der Waals surface area contributed by atoms with Crippen LogP contribution in [0.5, 0.6) is 0 Å². The van der Waals surface area contributed by atoms with E-state index in [1.54, 1.807) is 0 Å². The zero-order chi connectivity index (χ0) is 8.27. The number of nitrogens with zero attached hydrogens (tertiary/aromatic N) is 2. The molecule has 1 heterocycles. The van der Waals surface area contributed by atoms with E-state index >= 15 is 0 Å². The molecule has 1 aromatic rings. The van der Waals surface area contributed by atoms with E-state index in [1.807, 2.05) is 13.8 Å². The predicted molar refractivity (Wildman–Crippen MR) is 48.5 cm³/mol. The van der Waals surface area contributed by atoms with Crippen molar-refractivity contribution in [2.75, 3.05) is 11.2 Å². The van der Waals surface area contributed by atoms with Crippen molar-refractivity contribution in [2.45, 2.75) is 19.9 Å². The summed E-state index contributed by atoms with van der Waals surface area (Å²) in [4.78, 5) is 4.14. The lowest BCUT2D eigenvalue weighted by Crippen LogP contribution is -2.16. The molecule has 0 amide bonds. The Bertz CT molecular complexity index is 225. The second kappa shape index (κ2) is 3.88. The van der Waals surface area contributed by atoms with Crippen molar-refractivity contribution in [1.82, 2.24) is 9.36 Å². The van der Waals surface area contributed by atoms with Gasteiger partial charge in [0.2, 0.25) is 5.13 Å². The van der Waals surface area contributed by atoms with Gasteiger partial charge in [-0.2, -0.15) is 4.37 Å². The van der Waals surface area contributed by atoms with E-state index in [9.17, 15) is 0 Å². The Balaban J connectivity index is 2.50. The second-order valence-corrected chi connectivity index (χ2v) is 3.41. The molecule has 1 rings (SSSR count). The van der Waals surface area contributed by atoms with Crippen LogP contribution in [0.1, 0.15) is 12.7 Å². The van der Waals surface area contributed by atoms with E-state index in [2.05, 4.69) is 14.7 Å². The maximum atomic E-state index is 5.60. The number of halogens is 1. The third kappa shape index (κ3) is 2.63. The largest absolute Gasteiger partial charge is 0.357 e. The van der Waals surface area contributed by atoms with Crippen molar-refractivity contribution in [3.8, 4) is 0 Å². The highest BCUT2D eigenvalue weighted by atomic mass is 35.5. The maximum absolute atomic E-state index is 5.60. The molecule has 0 aliphatic carbocycles. The van der Waals surface area contributed by atoms with Gasteiger partial charge in [-0.05, 0) is 13.8 Å². The fourth-order valence-electron chi connectivity index (χ4n) is 0.605. The quantitative estimate of drug-likeness (QED) is 0.742. The van der Waals surface area contributed by atoms with Crippen LogP contribution in [0.3, 0.4) is 0 Å². The SMILES string of the molecule is Cc1nsc(NC(C)CCl)n1. The topological polar surface area (TPSA) is 37.8 Å². The lowest BCUT2D eigenvalue weighted by atomic mass is 10.4. The molecule has 0 aliphatic rings. The summed E-state index contributed by atoms with van der Waals surface area (Å²) in [6, 6.07) is 0.254. The number of anilines is 1. The summed E-state index contributed by atoms with van der Waals surface area (Å²) in [5.74, 6) is 1.39. The molecule has 62 valence electrons. The van der Waals surface area contributed by atoms with Crippen LogP contribution in [0, 0.1) is 6.92 Å². The van der Waals surface area contributed by atoms with Crippen molar-refractivity contribution in [1.29, 1.82) is 0 Å². The van der Waals surface area contributed by atoms with Gasteiger partial charge in [-0.3, -0.25) is 0 Å². The summed E-state index contributed by atoms with van der Waals surface area (Å²) in [5.41, 5.74) is 0. The molecule has 3 nitrogen and oxygen atoms in total. The van der Waals surface area contributed by atoms with Crippen LogP contribution in [0.25, 0.3) is 0 Å². The molecule has 1 unspecified atom stereocenters. The summed E-state index contributed by atoms with van der Waals surface area (Å²) in [6.45, 7) is 3.87. The molecule has 0 saturated carbocycles. The zero-order valence-corrected chi connectivity index (χ0v) is 8.04. The molecule has 1 atom stereocenters. The number of hydrogen-bond acceptors (Lipinski definition) is 4. The monoisotopic (exact) mass is 191 g/mol. The normalized spacial score (nSPS) is 13.0. The number of rotatable bonds is 3. The summed E-state index contributed by atoms with van der Waals surface area (Å²) in [6.07, 6.45) is 0. The Morgan fingerprint density at radius 3 is 2.91 bits per heavy atom. The van der Waals surface area contributed by atoms with Crippen molar-refractivity contribution in [3.63, 3.8) is 0 Å². The average Bonchev–Trinajstić information content (AvgIpc) is 2.35. The minimum Gasteiger partial charge on any atom is -0.357 e. The molecule has 0 fully saturated rings. The smallest absolute Gasteiger partial charge is 0.202 e. The van der Waals surface area contributed by atoms with E-state index in [0.29, 0.717) is 5.88 Å². The first-order chi connectivity index (χ1) is 5.22. The molecule has 0 saturated heterocycles. The summed E-state index contributed by atoms with van der Waals surface area (Å²) in [7, 11) is 0. The van der Waals surface area contributed by atoms with Crippen LogP contribution >= 0.6 is 23.1 Å². The van der Waals surface area contributed by atoms with E-state index < -0.39 is 0 Å². The first-order valence-corrected chi connectivity index (χ1v) is 4.66. The van der Waals surface area contributed by atoms with Crippen LogP contribution in [0.15, 0.2) is 0 Å². The average molecular weight is 192 g/mol. The fourth-order valence-corrected chi connectivity index (χ4v) is 1.37. The van der Waals surface area contributed by atoms with Crippen LogP contribution < -0.4 is 5.32 Å². The Hall–Kier alpha value is -0.350. The predicted octanol–water partition coefficient (Wildman–Crippen LogP) is 1.89. The van der Waals surface area contributed by atoms with Crippen LogP contribution in [-0.4, -0.2) is 21.3 Å². The number of aryl methyl sites for hydroxylation is 1. The van der Waals surface area contributed by atoms with Crippen LogP contribution in [0.2, 0.25) is 0 Å². The number of aromatic nitrogens is 2. The first kappa shape index (κ1) is 8.74. The third-order valence-electron chi connectivity index (χ3n) is 1.13. The van der Waals surface area contributed by atoms with E-state index in [0.717, 1.165) is 11.0 Å². The van der Waals surface area contributed by atoms with Gasteiger partial charge in [0.1, 0.15) is 5.82 Å². The second-order valence-electron chi connectivity index (χ2n) is 2.35. The van der Waals surface area contributed by atoms with Crippen LogP contribution in [0.4, 0.5) is 5.13 Å². The molecule has 0 aliphatic heterocycles. The molecular weight excluding hydrogens is 182 g/mol. The van der Waals surface area contributed by atoms with Crippen molar-refractivity contribution in [3.05, 3.63) is 5.82 Å². The van der Waals surface area contributed by atoms with Gasteiger partial charge in [-0.1, -0.05) is 0 Å².